The number of carbonyl (C=O) groups is 1. The van der Waals surface area contributed by atoms with Crippen molar-refractivity contribution in [2.45, 2.75) is 44.8 Å². The van der Waals surface area contributed by atoms with Gasteiger partial charge in [-0.2, -0.15) is 0 Å². The molecule has 0 aromatic heterocycles. The van der Waals surface area contributed by atoms with Crippen LogP contribution in [-0.4, -0.2) is 17.2 Å². The molecule has 4 unspecified atom stereocenters. The number of hydrogen-bond donors (Lipinski definition) is 3. The predicted octanol–water partition coefficient (Wildman–Crippen LogP) is 3.05. The lowest BCUT2D eigenvalue weighted by molar-refractivity contribution is 0.199. The van der Waals surface area contributed by atoms with Gasteiger partial charge in [-0.3, -0.25) is 0 Å². The van der Waals surface area contributed by atoms with Crippen molar-refractivity contribution >= 4 is 11.7 Å². The lowest BCUT2D eigenvalue weighted by Gasteiger charge is -2.23. The van der Waals surface area contributed by atoms with Crippen molar-refractivity contribution in [2.75, 3.05) is 5.32 Å². The fraction of sp³-hybridized carbons (Fsp3) is 0.562. The number of anilines is 1. The molecule has 20 heavy (non-hydrogen) atoms. The Balaban J connectivity index is 1.57. The number of aliphatic hydroxyl groups is 1. The Hall–Kier alpha value is -1.55. The third-order valence-corrected chi connectivity index (χ3v) is 4.68. The third kappa shape index (κ3) is 2.80. The van der Waals surface area contributed by atoms with E-state index < -0.39 is 6.10 Å². The summed E-state index contributed by atoms with van der Waals surface area (Å²) in [6.07, 6.45) is 4.48. The fourth-order valence-electron chi connectivity index (χ4n) is 3.63. The van der Waals surface area contributed by atoms with Gasteiger partial charge in [-0.15, -0.1) is 0 Å². The summed E-state index contributed by atoms with van der Waals surface area (Å²) < 4.78 is 0. The van der Waals surface area contributed by atoms with Crippen LogP contribution in [0.2, 0.25) is 0 Å². The van der Waals surface area contributed by atoms with Gasteiger partial charge in [0.25, 0.3) is 0 Å². The van der Waals surface area contributed by atoms with Crippen molar-refractivity contribution in [2.24, 2.45) is 11.8 Å². The molecule has 3 N–H and O–H groups in total. The van der Waals surface area contributed by atoms with Crippen molar-refractivity contribution in [3.63, 3.8) is 0 Å². The molecule has 0 heterocycles. The van der Waals surface area contributed by atoms with E-state index in [9.17, 15) is 9.90 Å². The van der Waals surface area contributed by atoms with Crippen LogP contribution in [0.1, 0.15) is 44.3 Å². The minimum absolute atomic E-state index is 0.134. The molecule has 2 aliphatic rings. The molecule has 0 spiro atoms. The number of carbonyl (C=O) groups excluding carboxylic acids is 1. The molecule has 3 rings (SSSR count). The average molecular weight is 274 g/mol. The molecule has 1 aromatic rings. The van der Waals surface area contributed by atoms with E-state index in [1.165, 1.54) is 19.3 Å². The second kappa shape index (κ2) is 5.44. The zero-order valence-corrected chi connectivity index (χ0v) is 11.8. The van der Waals surface area contributed by atoms with Crippen LogP contribution in [0.5, 0.6) is 0 Å². The third-order valence-electron chi connectivity index (χ3n) is 4.68. The summed E-state index contributed by atoms with van der Waals surface area (Å²) in [5.41, 5.74) is 1.53. The Kier molecular flexibility index (Phi) is 3.66. The van der Waals surface area contributed by atoms with E-state index in [1.807, 2.05) is 24.3 Å². The number of benzene rings is 1. The standard InChI is InChI=1S/C16H22N2O2/c1-10(19)12-3-2-4-14(9-12)17-16(20)18-15-8-11-5-6-13(15)7-11/h2-4,9-11,13,15,19H,5-8H2,1H3,(H2,17,18,20). The maximum Gasteiger partial charge on any atom is 0.319 e. The Morgan fingerprint density at radius 2 is 2.20 bits per heavy atom. The van der Waals surface area contributed by atoms with Crippen molar-refractivity contribution in [3.05, 3.63) is 29.8 Å². The van der Waals surface area contributed by atoms with E-state index >= 15 is 0 Å². The Morgan fingerprint density at radius 1 is 1.35 bits per heavy atom. The lowest BCUT2D eigenvalue weighted by Crippen LogP contribution is -2.40. The number of fused-ring (bicyclic) bond motifs is 2. The Labute approximate surface area is 119 Å². The molecule has 0 saturated heterocycles. The number of nitrogens with one attached hydrogen (secondary N) is 2. The fourth-order valence-corrected chi connectivity index (χ4v) is 3.63. The van der Waals surface area contributed by atoms with E-state index in [0.29, 0.717) is 12.0 Å². The van der Waals surface area contributed by atoms with E-state index in [2.05, 4.69) is 10.6 Å². The van der Waals surface area contributed by atoms with Crippen LogP contribution in [0.15, 0.2) is 24.3 Å². The zero-order chi connectivity index (χ0) is 14.1. The van der Waals surface area contributed by atoms with E-state index in [1.54, 1.807) is 6.92 Å². The first-order valence-electron chi connectivity index (χ1n) is 7.47. The summed E-state index contributed by atoms with van der Waals surface area (Å²) in [6.45, 7) is 1.72. The molecule has 2 fully saturated rings. The summed E-state index contributed by atoms with van der Waals surface area (Å²) >= 11 is 0. The largest absolute Gasteiger partial charge is 0.389 e. The van der Waals surface area contributed by atoms with Gasteiger partial charge >= 0.3 is 6.03 Å². The summed E-state index contributed by atoms with van der Waals surface area (Å²) in [6, 6.07) is 7.55. The summed E-state index contributed by atoms with van der Waals surface area (Å²) in [5.74, 6) is 1.50. The predicted molar refractivity (Wildman–Crippen MR) is 78.5 cm³/mol. The maximum absolute atomic E-state index is 12.0. The monoisotopic (exact) mass is 274 g/mol. The van der Waals surface area contributed by atoms with Crippen molar-refractivity contribution in [3.8, 4) is 0 Å². The van der Waals surface area contributed by atoms with Crippen LogP contribution in [0.4, 0.5) is 10.5 Å². The zero-order valence-electron chi connectivity index (χ0n) is 11.8. The molecule has 1 aromatic carbocycles. The minimum Gasteiger partial charge on any atom is -0.389 e. The first-order chi connectivity index (χ1) is 9.61. The summed E-state index contributed by atoms with van der Waals surface area (Å²) in [4.78, 5) is 12.0. The Bertz CT molecular complexity index is 501. The lowest BCUT2D eigenvalue weighted by atomic mass is 9.95. The highest BCUT2D eigenvalue weighted by molar-refractivity contribution is 5.89. The first-order valence-corrected chi connectivity index (χ1v) is 7.47. The summed E-state index contributed by atoms with van der Waals surface area (Å²) in [7, 11) is 0. The van der Waals surface area contributed by atoms with Crippen LogP contribution in [0.3, 0.4) is 0 Å². The van der Waals surface area contributed by atoms with Gasteiger partial charge in [0.15, 0.2) is 0 Å². The smallest absolute Gasteiger partial charge is 0.319 e. The van der Waals surface area contributed by atoms with Crippen molar-refractivity contribution in [1.82, 2.24) is 5.32 Å². The van der Waals surface area contributed by atoms with Crippen molar-refractivity contribution in [1.29, 1.82) is 0 Å². The van der Waals surface area contributed by atoms with Gasteiger partial charge in [-0.05, 0) is 55.7 Å². The minimum atomic E-state index is -0.523. The molecule has 2 saturated carbocycles. The average Bonchev–Trinajstić information content (AvgIpc) is 3.01. The second-order valence-corrected chi connectivity index (χ2v) is 6.18. The van der Waals surface area contributed by atoms with Crippen LogP contribution < -0.4 is 10.6 Å². The number of aliphatic hydroxyl groups excluding tert-OH is 1. The second-order valence-electron chi connectivity index (χ2n) is 6.18. The molecule has 4 heteroatoms. The molecule has 2 bridgehead atoms. The first kappa shape index (κ1) is 13.4. The Morgan fingerprint density at radius 3 is 2.85 bits per heavy atom. The quantitative estimate of drug-likeness (QED) is 0.793. The number of hydrogen-bond acceptors (Lipinski definition) is 2. The van der Waals surface area contributed by atoms with Crippen LogP contribution in [-0.2, 0) is 0 Å². The van der Waals surface area contributed by atoms with Gasteiger partial charge in [0.1, 0.15) is 0 Å². The van der Waals surface area contributed by atoms with E-state index in [-0.39, 0.29) is 6.03 Å². The molecule has 4 atom stereocenters. The number of rotatable bonds is 3. The molecule has 2 aliphatic carbocycles. The van der Waals surface area contributed by atoms with E-state index in [4.69, 9.17) is 0 Å². The van der Waals surface area contributed by atoms with Crippen LogP contribution >= 0.6 is 0 Å². The van der Waals surface area contributed by atoms with Crippen LogP contribution in [0.25, 0.3) is 0 Å². The molecule has 2 amide bonds. The number of amides is 2. The van der Waals surface area contributed by atoms with Crippen molar-refractivity contribution < 1.29 is 9.90 Å². The topological polar surface area (TPSA) is 61.4 Å². The van der Waals surface area contributed by atoms with Gasteiger partial charge in [0.05, 0.1) is 6.10 Å². The molecule has 4 nitrogen and oxygen atoms in total. The number of urea groups is 1. The van der Waals surface area contributed by atoms with Gasteiger partial charge in [-0.1, -0.05) is 18.6 Å². The molecule has 108 valence electrons. The van der Waals surface area contributed by atoms with Gasteiger partial charge in [0, 0.05) is 11.7 Å². The highest BCUT2D eigenvalue weighted by Gasteiger charge is 2.40. The summed E-state index contributed by atoms with van der Waals surface area (Å²) in [5, 5.41) is 15.5. The maximum atomic E-state index is 12.0. The van der Waals surface area contributed by atoms with Crippen LogP contribution in [0, 0.1) is 11.8 Å². The molecule has 0 aliphatic heterocycles. The van der Waals surface area contributed by atoms with E-state index in [0.717, 1.165) is 23.6 Å². The van der Waals surface area contributed by atoms with Gasteiger partial charge < -0.3 is 15.7 Å². The highest BCUT2D eigenvalue weighted by Crippen LogP contribution is 2.44. The SMILES string of the molecule is CC(O)c1cccc(NC(=O)NC2CC3CCC2C3)c1. The molecular weight excluding hydrogens is 252 g/mol. The molecular formula is C16H22N2O2. The molecule has 0 radical (unpaired) electrons. The highest BCUT2D eigenvalue weighted by atomic mass is 16.3. The van der Waals surface area contributed by atoms with Gasteiger partial charge in [0.2, 0.25) is 0 Å². The normalized spacial score (nSPS) is 29.2. The van der Waals surface area contributed by atoms with Gasteiger partial charge in [-0.25, -0.2) is 4.79 Å².